The van der Waals surface area contributed by atoms with Crippen LogP contribution in [0.5, 0.6) is 11.5 Å². The second-order valence-corrected chi connectivity index (χ2v) is 6.29. The van der Waals surface area contributed by atoms with Crippen LogP contribution in [0.15, 0.2) is 42.5 Å². The molecule has 2 heterocycles. The summed E-state index contributed by atoms with van der Waals surface area (Å²) in [6, 6.07) is 14.5. The van der Waals surface area contributed by atoms with Crippen molar-refractivity contribution in [3.63, 3.8) is 0 Å². The number of aryl methyl sites for hydroxylation is 2. The molecule has 1 aliphatic rings. The third-order valence-electron chi connectivity index (χ3n) is 4.57. The van der Waals surface area contributed by atoms with Gasteiger partial charge in [0.1, 0.15) is 0 Å². The molecule has 0 amide bonds. The van der Waals surface area contributed by atoms with E-state index in [-0.39, 0.29) is 6.17 Å². The summed E-state index contributed by atoms with van der Waals surface area (Å²) in [5, 5.41) is 8.33. The van der Waals surface area contributed by atoms with E-state index in [0.717, 1.165) is 28.4 Å². The van der Waals surface area contributed by atoms with Crippen LogP contribution in [0.4, 0.5) is 5.69 Å². The first-order chi connectivity index (χ1) is 12.1. The Morgan fingerprint density at radius 2 is 1.88 bits per heavy atom. The van der Waals surface area contributed by atoms with E-state index in [1.165, 1.54) is 11.1 Å². The lowest BCUT2D eigenvalue weighted by molar-refractivity contribution is 0.347. The smallest absolute Gasteiger partial charge is 0.167 e. The number of methoxy groups -OCH3 is 2. The minimum absolute atomic E-state index is 0.163. The van der Waals surface area contributed by atoms with Crippen molar-refractivity contribution in [3.05, 3.63) is 59.3 Å². The summed E-state index contributed by atoms with van der Waals surface area (Å²) in [5.41, 5.74) is 6.55. The zero-order chi connectivity index (χ0) is 17.6. The molecule has 1 aliphatic heterocycles. The fourth-order valence-corrected chi connectivity index (χ4v) is 3.46. The Morgan fingerprint density at radius 1 is 1.04 bits per heavy atom. The zero-order valence-corrected chi connectivity index (χ0v) is 14.8. The minimum Gasteiger partial charge on any atom is -0.493 e. The maximum atomic E-state index is 5.64. The second kappa shape index (κ2) is 5.84. The Balaban J connectivity index is 1.92. The number of ether oxygens (including phenoxy) is 2. The van der Waals surface area contributed by atoms with E-state index >= 15 is 0 Å². The quantitative estimate of drug-likeness (QED) is 0.781. The van der Waals surface area contributed by atoms with Gasteiger partial charge in [-0.25, -0.2) is 4.68 Å². The monoisotopic (exact) mass is 335 g/mol. The van der Waals surface area contributed by atoms with E-state index in [1.54, 1.807) is 14.2 Å². The van der Waals surface area contributed by atoms with Crippen molar-refractivity contribution in [2.45, 2.75) is 20.0 Å². The molecule has 128 valence electrons. The third-order valence-corrected chi connectivity index (χ3v) is 4.57. The normalized spacial score (nSPS) is 15.1. The first-order valence-electron chi connectivity index (χ1n) is 8.27. The number of rotatable bonds is 3. The molecule has 25 heavy (non-hydrogen) atoms. The molecule has 0 fully saturated rings. The van der Waals surface area contributed by atoms with Crippen molar-refractivity contribution in [2.24, 2.45) is 0 Å². The summed E-state index contributed by atoms with van der Waals surface area (Å²) < 4.78 is 13.1. The molecule has 0 saturated carbocycles. The van der Waals surface area contributed by atoms with E-state index in [2.05, 4.69) is 36.5 Å². The molecule has 2 aromatic carbocycles. The van der Waals surface area contributed by atoms with Gasteiger partial charge in [0.25, 0.3) is 0 Å². The lowest BCUT2D eigenvalue weighted by Crippen LogP contribution is -2.26. The fourth-order valence-electron chi connectivity index (χ4n) is 3.46. The van der Waals surface area contributed by atoms with Crippen molar-refractivity contribution in [1.82, 2.24) is 9.78 Å². The molecular weight excluding hydrogens is 314 g/mol. The maximum absolute atomic E-state index is 5.64. The molecule has 5 heteroatoms. The highest BCUT2D eigenvalue weighted by Crippen LogP contribution is 2.43. The summed E-state index contributed by atoms with van der Waals surface area (Å²) in [6.45, 7) is 4.12. The van der Waals surface area contributed by atoms with Gasteiger partial charge in [0.2, 0.25) is 0 Å². The van der Waals surface area contributed by atoms with Crippen LogP contribution >= 0.6 is 0 Å². The number of aromatic nitrogens is 2. The molecule has 0 bridgehead atoms. The van der Waals surface area contributed by atoms with Gasteiger partial charge in [-0.3, -0.25) is 0 Å². The fraction of sp³-hybridized carbons (Fsp3) is 0.250. The molecular formula is C20H21N3O2. The molecule has 0 spiro atoms. The van der Waals surface area contributed by atoms with E-state index < -0.39 is 0 Å². The SMILES string of the molecule is COc1cccc([C@@H]2Nc3ccc(C)cc3-c3cc(C)nn32)c1OC. The first-order valence-corrected chi connectivity index (χ1v) is 8.27. The van der Waals surface area contributed by atoms with Crippen LogP contribution in [0.2, 0.25) is 0 Å². The summed E-state index contributed by atoms with van der Waals surface area (Å²) in [4.78, 5) is 0. The minimum atomic E-state index is -0.163. The molecule has 0 saturated heterocycles. The van der Waals surface area contributed by atoms with Gasteiger partial charge in [0.05, 0.1) is 25.6 Å². The Hall–Kier alpha value is -2.95. The summed E-state index contributed by atoms with van der Waals surface area (Å²) in [5.74, 6) is 1.43. The van der Waals surface area contributed by atoms with Crippen molar-refractivity contribution in [1.29, 1.82) is 0 Å². The molecule has 1 atom stereocenters. The molecule has 1 N–H and O–H groups in total. The average Bonchev–Trinajstić information content (AvgIpc) is 3.02. The summed E-state index contributed by atoms with van der Waals surface area (Å²) in [6.07, 6.45) is -0.163. The van der Waals surface area contributed by atoms with Crippen LogP contribution in [0.3, 0.4) is 0 Å². The van der Waals surface area contributed by atoms with E-state index in [9.17, 15) is 0 Å². The van der Waals surface area contributed by atoms with Crippen molar-refractivity contribution < 1.29 is 9.47 Å². The third kappa shape index (κ3) is 2.43. The molecule has 0 radical (unpaired) electrons. The standard InChI is InChI=1S/C20H21N3O2/c1-12-8-9-16-15(10-12)17-11-13(2)22-23(17)20(21-16)14-6-5-7-18(24-3)19(14)25-4/h5-11,20-21H,1-4H3/t20-/m1/s1. The Bertz CT molecular complexity index is 946. The molecule has 3 aromatic rings. The average molecular weight is 335 g/mol. The van der Waals surface area contributed by atoms with E-state index in [4.69, 9.17) is 14.6 Å². The predicted octanol–water partition coefficient (Wildman–Crippen LogP) is 4.16. The number of nitrogens with zero attached hydrogens (tertiary/aromatic N) is 2. The first kappa shape index (κ1) is 15.6. The van der Waals surface area contributed by atoms with Gasteiger partial charge >= 0.3 is 0 Å². The van der Waals surface area contributed by atoms with Gasteiger partial charge in [-0.05, 0) is 38.1 Å². The highest BCUT2D eigenvalue weighted by Gasteiger charge is 2.29. The molecule has 4 rings (SSSR count). The van der Waals surface area contributed by atoms with Crippen LogP contribution in [-0.4, -0.2) is 24.0 Å². The van der Waals surface area contributed by atoms with Crippen molar-refractivity contribution in [2.75, 3.05) is 19.5 Å². The molecule has 5 nitrogen and oxygen atoms in total. The van der Waals surface area contributed by atoms with E-state index in [1.807, 2.05) is 29.8 Å². The van der Waals surface area contributed by atoms with Gasteiger partial charge in [0.15, 0.2) is 17.7 Å². The second-order valence-electron chi connectivity index (χ2n) is 6.29. The van der Waals surface area contributed by atoms with Gasteiger partial charge in [-0.15, -0.1) is 0 Å². The van der Waals surface area contributed by atoms with Gasteiger partial charge in [-0.1, -0.05) is 23.8 Å². The Labute approximate surface area is 147 Å². The van der Waals surface area contributed by atoms with Crippen LogP contribution < -0.4 is 14.8 Å². The van der Waals surface area contributed by atoms with Crippen LogP contribution in [0.1, 0.15) is 23.0 Å². The van der Waals surface area contributed by atoms with Crippen LogP contribution in [0.25, 0.3) is 11.3 Å². The van der Waals surface area contributed by atoms with Gasteiger partial charge in [-0.2, -0.15) is 5.10 Å². The molecule has 1 aromatic heterocycles. The Kier molecular flexibility index (Phi) is 3.64. The van der Waals surface area contributed by atoms with E-state index in [0.29, 0.717) is 5.75 Å². The number of benzene rings is 2. The van der Waals surface area contributed by atoms with Crippen LogP contribution in [-0.2, 0) is 0 Å². The topological polar surface area (TPSA) is 48.3 Å². The molecule has 0 aliphatic carbocycles. The van der Waals surface area contributed by atoms with Gasteiger partial charge in [0, 0.05) is 16.8 Å². The highest BCUT2D eigenvalue weighted by atomic mass is 16.5. The Morgan fingerprint density at radius 3 is 2.64 bits per heavy atom. The number of hydrogen-bond acceptors (Lipinski definition) is 4. The molecule has 0 unspecified atom stereocenters. The van der Waals surface area contributed by atoms with Crippen molar-refractivity contribution >= 4 is 5.69 Å². The highest BCUT2D eigenvalue weighted by molar-refractivity contribution is 5.79. The largest absolute Gasteiger partial charge is 0.493 e. The summed E-state index contributed by atoms with van der Waals surface area (Å²) >= 11 is 0. The predicted molar refractivity (Wildman–Crippen MR) is 98.4 cm³/mol. The number of fused-ring (bicyclic) bond motifs is 3. The number of hydrogen-bond donors (Lipinski definition) is 1. The lowest BCUT2D eigenvalue weighted by atomic mass is 10.0. The zero-order valence-electron chi connectivity index (χ0n) is 14.8. The van der Waals surface area contributed by atoms with Gasteiger partial charge < -0.3 is 14.8 Å². The summed E-state index contributed by atoms with van der Waals surface area (Å²) in [7, 11) is 3.31. The maximum Gasteiger partial charge on any atom is 0.167 e. The lowest BCUT2D eigenvalue weighted by Gasteiger charge is -2.30. The number of para-hydroxylation sites is 1. The number of nitrogens with one attached hydrogen (secondary N) is 1. The van der Waals surface area contributed by atoms with Crippen LogP contribution in [0, 0.1) is 13.8 Å². The van der Waals surface area contributed by atoms with Crippen molar-refractivity contribution in [3.8, 4) is 22.8 Å². The number of anilines is 1.